The average Bonchev–Trinajstić information content (AvgIpc) is 2.72. The SMILES string of the molecule is CCOC(=O)N1CCN(c2cccc3c2C(=O)c2ccccc2C3=O)CC1. The molecule has 6 heteroatoms. The maximum Gasteiger partial charge on any atom is 0.409 e. The normalized spacial score (nSPS) is 16.0. The molecular formula is C21H20N2O4. The topological polar surface area (TPSA) is 66.9 Å². The molecule has 1 fully saturated rings. The van der Waals surface area contributed by atoms with Crippen molar-refractivity contribution in [3.8, 4) is 0 Å². The van der Waals surface area contributed by atoms with E-state index in [1.54, 1.807) is 42.2 Å². The lowest BCUT2D eigenvalue weighted by molar-refractivity contribution is 0.0978. The molecule has 6 nitrogen and oxygen atoms in total. The van der Waals surface area contributed by atoms with Crippen molar-refractivity contribution in [2.45, 2.75) is 6.92 Å². The van der Waals surface area contributed by atoms with E-state index in [1.165, 1.54) is 0 Å². The highest BCUT2D eigenvalue weighted by Crippen LogP contribution is 2.34. The number of benzene rings is 2. The van der Waals surface area contributed by atoms with Crippen LogP contribution in [0.5, 0.6) is 0 Å². The summed E-state index contributed by atoms with van der Waals surface area (Å²) in [5.74, 6) is -0.240. The lowest BCUT2D eigenvalue weighted by Crippen LogP contribution is -2.49. The lowest BCUT2D eigenvalue weighted by Gasteiger charge is -2.37. The molecule has 1 amide bonds. The molecule has 0 unspecified atom stereocenters. The summed E-state index contributed by atoms with van der Waals surface area (Å²) in [7, 11) is 0. The van der Waals surface area contributed by atoms with Crippen LogP contribution >= 0.6 is 0 Å². The molecule has 1 aliphatic heterocycles. The number of carbonyl (C=O) groups is 3. The van der Waals surface area contributed by atoms with Gasteiger partial charge in [-0.25, -0.2) is 4.79 Å². The molecule has 0 aromatic heterocycles. The van der Waals surface area contributed by atoms with E-state index in [0.717, 1.165) is 5.69 Å². The van der Waals surface area contributed by atoms with Gasteiger partial charge in [0.05, 0.1) is 12.2 Å². The van der Waals surface area contributed by atoms with Crippen molar-refractivity contribution in [1.82, 2.24) is 4.90 Å². The minimum atomic E-state index is -0.313. The van der Waals surface area contributed by atoms with Crippen molar-refractivity contribution < 1.29 is 19.1 Å². The number of carbonyl (C=O) groups excluding carboxylic acids is 3. The number of fused-ring (bicyclic) bond motifs is 2. The Labute approximate surface area is 157 Å². The van der Waals surface area contributed by atoms with Gasteiger partial charge in [-0.15, -0.1) is 0 Å². The number of hydrogen-bond acceptors (Lipinski definition) is 5. The fourth-order valence-corrected chi connectivity index (χ4v) is 3.74. The van der Waals surface area contributed by atoms with Gasteiger partial charge in [0, 0.05) is 48.6 Å². The molecule has 1 heterocycles. The maximum absolute atomic E-state index is 13.1. The minimum absolute atomic E-state index is 0.118. The zero-order valence-corrected chi connectivity index (χ0v) is 15.1. The molecule has 2 aliphatic rings. The predicted molar refractivity (Wildman–Crippen MR) is 101 cm³/mol. The smallest absolute Gasteiger partial charge is 0.409 e. The molecule has 1 aliphatic carbocycles. The third-order valence-corrected chi connectivity index (χ3v) is 5.08. The molecular weight excluding hydrogens is 344 g/mol. The van der Waals surface area contributed by atoms with E-state index in [0.29, 0.717) is 55.0 Å². The Hall–Kier alpha value is -3.15. The molecule has 4 rings (SSSR count). The van der Waals surface area contributed by atoms with E-state index in [4.69, 9.17) is 4.74 Å². The van der Waals surface area contributed by atoms with Crippen LogP contribution in [0.15, 0.2) is 42.5 Å². The van der Waals surface area contributed by atoms with Gasteiger partial charge in [0.25, 0.3) is 0 Å². The average molecular weight is 364 g/mol. The van der Waals surface area contributed by atoms with Gasteiger partial charge in [-0.05, 0) is 13.0 Å². The number of hydrogen-bond donors (Lipinski definition) is 0. The van der Waals surface area contributed by atoms with E-state index >= 15 is 0 Å². The Balaban J connectivity index is 1.65. The van der Waals surface area contributed by atoms with Gasteiger partial charge in [0.1, 0.15) is 0 Å². The summed E-state index contributed by atoms with van der Waals surface area (Å²) in [5, 5.41) is 0. The van der Waals surface area contributed by atoms with Crippen LogP contribution in [-0.2, 0) is 4.74 Å². The van der Waals surface area contributed by atoms with Crippen LogP contribution in [0.2, 0.25) is 0 Å². The van der Waals surface area contributed by atoms with Crippen molar-refractivity contribution in [2.24, 2.45) is 0 Å². The molecule has 0 saturated carbocycles. The highest BCUT2D eigenvalue weighted by atomic mass is 16.6. The molecule has 2 aromatic carbocycles. The van der Waals surface area contributed by atoms with Crippen LogP contribution < -0.4 is 4.90 Å². The summed E-state index contributed by atoms with van der Waals surface area (Å²) in [4.78, 5) is 41.6. The lowest BCUT2D eigenvalue weighted by atomic mass is 9.83. The van der Waals surface area contributed by atoms with Crippen LogP contribution in [0.3, 0.4) is 0 Å². The number of nitrogens with zero attached hydrogens (tertiary/aromatic N) is 2. The fraction of sp³-hybridized carbons (Fsp3) is 0.286. The molecule has 138 valence electrons. The number of ketones is 2. The molecule has 0 bridgehead atoms. The second-order valence-electron chi connectivity index (χ2n) is 6.58. The first-order valence-corrected chi connectivity index (χ1v) is 9.10. The van der Waals surface area contributed by atoms with Crippen LogP contribution in [0, 0.1) is 0 Å². The van der Waals surface area contributed by atoms with Crippen molar-refractivity contribution in [3.05, 3.63) is 64.7 Å². The van der Waals surface area contributed by atoms with Crippen LogP contribution in [-0.4, -0.2) is 55.3 Å². The van der Waals surface area contributed by atoms with Gasteiger partial charge in [-0.3, -0.25) is 9.59 Å². The van der Waals surface area contributed by atoms with Crippen molar-refractivity contribution in [1.29, 1.82) is 0 Å². The Kier molecular flexibility index (Phi) is 4.39. The number of ether oxygens (including phenoxy) is 1. The summed E-state index contributed by atoms with van der Waals surface area (Å²) in [6, 6.07) is 12.3. The largest absolute Gasteiger partial charge is 0.450 e. The minimum Gasteiger partial charge on any atom is -0.450 e. The third kappa shape index (κ3) is 2.87. The van der Waals surface area contributed by atoms with E-state index in [-0.39, 0.29) is 17.7 Å². The quantitative estimate of drug-likeness (QED) is 0.699. The Morgan fingerprint density at radius 2 is 1.52 bits per heavy atom. The highest BCUT2D eigenvalue weighted by molar-refractivity contribution is 6.30. The fourth-order valence-electron chi connectivity index (χ4n) is 3.74. The zero-order valence-electron chi connectivity index (χ0n) is 15.1. The molecule has 27 heavy (non-hydrogen) atoms. The number of amides is 1. The van der Waals surface area contributed by atoms with Gasteiger partial charge in [0.15, 0.2) is 11.6 Å². The van der Waals surface area contributed by atoms with E-state index in [1.807, 2.05) is 12.1 Å². The summed E-state index contributed by atoms with van der Waals surface area (Å²) in [5.41, 5.74) is 2.57. The van der Waals surface area contributed by atoms with Crippen LogP contribution in [0.25, 0.3) is 0 Å². The Morgan fingerprint density at radius 1 is 0.889 bits per heavy atom. The second-order valence-corrected chi connectivity index (χ2v) is 6.58. The first-order chi connectivity index (χ1) is 13.1. The maximum atomic E-state index is 13.1. The highest BCUT2D eigenvalue weighted by Gasteiger charge is 2.33. The molecule has 0 N–H and O–H groups in total. The van der Waals surface area contributed by atoms with Gasteiger partial charge >= 0.3 is 6.09 Å². The summed E-state index contributed by atoms with van der Waals surface area (Å²) < 4.78 is 5.05. The monoisotopic (exact) mass is 364 g/mol. The van der Waals surface area contributed by atoms with Crippen LogP contribution in [0.1, 0.15) is 38.8 Å². The van der Waals surface area contributed by atoms with Gasteiger partial charge in [-0.2, -0.15) is 0 Å². The van der Waals surface area contributed by atoms with Crippen molar-refractivity contribution in [2.75, 3.05) is 37.7 Å². The zero-order chi connectivity index (χ0) is 19.0. The third-order valence-electron chi connectivity index (χ3n) is 5.08. The van der Waals surface area contributed by atoms with Gasteiger partial charge in [-0.1, -0.05) is 36.4 Å². The summed E-state index contributed by atoms with van der Waals surface area (Å²) >= 11 is 0. The standard InChI is InChI=1S/C21H20N2O4/c1-2-27-21(26)23-12-10-22(11-13-23)17-9-5-8-16-18(17)20(25)15-7-4-3-6-14(15)19(16)24/h3-9H,2,10-13H2,1H3. The molecule has 0 radical (unpaired) electrons. The Bertz CT molecular complexity index is 930. The van der Waals surface area contributed by atoms with Crippen molar-refractivity contribution >= 4 is 23.3 Å². The number of anilines is 1. The van der Waals surface area contributed by atoms with E-state index < -0.39 is 0 Å². The molecule has 0 atom stereocenters. The van der Waals surface area contributed by atoms with Gasteiger partial charge < -0.3 is 14.5 Å². The van der Waals surface area contributed by atoms with Gasteiger partial charge in [0.2, 0.25) is 0 Å². The predicted octanol–water partition coefficient (Wildman–Crippen LogP) is 2.74. The molecule has 1 saturated heterocycles. The first kappa shape index (κ1) is 17.3. The van der Waals surface area contributed by atoms with Crippen LogP contribution in [0.4, 0.5) is 10.5 Å². The number of rotatable bonds is 2. The molecule has 2 aromatic rings. The Morgan fingerprint density at radius 3 is 2.19 bits per heavy atom. The number of piperazine rings is 1. The summed E-state index contributed by atoms with van der Waals surface area (Å²) in [6.45, 7) is 4.32. The van der Waals surface area contributed by atoms with E-state index in [2.05, 4.69) is 4.90 Å². The first-order valence-electron chi connectivity index (χ1n) is 9.10. The molecule has 0 spiro atoms. The second kappa shape index (κ2) is 6.87. The van der Waals surface area contributed by atoms with Crippen molar-refractivity contribution in [3.63, 3.8) is 0 Å². The summed E-state index contributed by atoms with van der Waals surface area (Å²) in [6.07, 6.45) is -0.313. The van der Waals surface area contributed by atoms with E-state index in [9.17, 15) is 14.4 Å².